The van der Waals surface area contributed by atoms with Gasteiger partial charge in [0.25, 0.3) is 0 Å². The van der Waals surface area contributed by atoms with E-state index in [4.69, 9.17) is 0 Å². The van der Waals surface area contributed by atoms with Gasteiger partial charge in [-0.2, -0.15) is 0 Å². The maximum absolute atomic E-state index is 4.68. The number of hydrogen-bond donors (Lipinski definition) is 1. The molecule has 23 heavy (non-hydrogen) atoms. The molecule has 0 spiro atoms. The van der Waals surface area contributed by atoms with Crippen molar-refractivity contribution in [3.8, 4) is 0 Å². The molecule has 1 aromatic carbocycles. The second-order valence-corrected chi connectivity index (χ2v) is 6.68. The highest BCUT2D eigenvalue weighted by atomic mass is 15.2. The van der Waals surface area contributed by atoms with E-state index in [9.17, 15) is 0 Å². The summed E-state index contributed by atoms with van der Waals surface area (Å²) >= 11 is 0. The molecular weight excluding hydrogens is 282 g/mol. The first-order chi connectivity index (χ1) is 11.4. The molecule has 1 unspecified atom stereocenters. The molecule has 1 aliphatic heterocycles. The second-order valence-electron chi connectivity index (χ2n) is 6.68. The number of benzene rings is 1. The van der Waals surface area contributed by atoms with Crippen molar-refractivity contribution < 1.29 is 0 Å². The average molecular weight is 307 g/mol. The Labute approximate surface area is 138 Å². The molecule has 0 radical (unpaired) electrons. The second kappa shape index (κ2) is 6.81. The summed E-state index contributed by atoms with van der Waals surface area (Å²) in [4.78, 5) is 7.25. The van der Waals surface area contributed by atoms with Crippen molar-refractivity contribution in [3.05, 3.63) is 65.0 Å². The van der Waals surface area contributed by atoms with Crippen molar-refractivity contribution in [2.24, 2.45) is 0 Å². The zero-order chi connectivity index (χ0) is 15.5. The molecule has 0 bridgehead atoms. The van der Waals surface area contributed by atoms with E-state index in [1.807, 2.05) is 12.3 Å². The maximum Gasteiger partial charge on any atom is 0.0777 e. The molecule has 1 fully saturated rings. The number of nitrogens with one attached hydrogen (secondary N) is 1. The molecule has 0 saturated carbocycles. The largest absolute Gasteiger partial charge is 0.314 e. The van der Waals surface area contributed by atoms with E-state index >= 15 is 0 Å². The van der Waals surface area contributed by atoms with Crippen LogP contribution < -0.4 is 5.32 Å². The molecule has 2 aromatic rings. The molecule has 3 nitrogen and oxygen atoms in total. The van der Waals surface area contributed by atoms with Crippen LogP contribution in [0.3, 0.4) is 0 Å². The van der Waals surface area contributed by atoms with Crippen LogP contribution in [0.1, 0.15) is 41.3 Å². The topological polar surface area (TPSA) is 28.2 Å². The number of rotatable bonds is 3. The molecule has 4 rings (SSSR count). The van der Waals surface area contributed by atoms with E-state index in [1.54, 1.807) is 11.1 Å². The van der Waals surface area contributed by atoms with Crippen molar-refractivity contribution in [1.82, 2.24) is 15.2 Å². The fraction of sp³-hybridized carbons (Fsp3) is 0.450. The summed E-state index contributed by atoms with van der Waals surface area (Å²) in [5.41, 5.74) is 5.70. The van der Waals surface area contributed by atoms with Gasteiger partial charge in [0, 0.05) is 32.4 Å². The molecule has 0 amide bonds. The summed E-state index contributed by atoms with van der Waals surface area (Å²) in [6, 6.07) is 13.7. The highest BCUT2D eigenvalue weighted by Gasteiger charge is 2.25. The number of hydrogen-bond acceptors (Lipinski definition) is 3. The van der Waals surface area contributed by atoms with E-state index in [0.29, 0.717) is 0 Å². The summed E-state index contributed by atoms with van der Waals surface area (Å²) in [6.45, 7) is 4.29. The zero-order valence-electron chi connectivity index (χ0n) is 13.7. The van der Waals surface area contributed by atoms with E-state index < -0.39 is 0 Å². The minimum atomic E-state index is 0.283. The van der Waals surface area contributed by atoms with Gasteiger partial charge in [-0.3, -0.25) is 9.88 Å². The summed E-state index contributed by atoms with van der Waals surface area (Å²) in [5, 5.41) is 3.46. The molecule has 1 aliphatic carbocycles. The highest BCUT2D eigenvalue weighted by molar-refractivity contribution is 5.38. The first-order valence-electron chi connectivity index (χ1n) is 8.89. The van der Waals surface area contributed by atoms with Gasteiger partial charge < -0.3 is 5.32 Å². The number of pyridine rings is 1. The molecule has 1 N–H and O–H groups in total. The Hall–Kier alpha value is -1.71. The van der Waals surface area contributed by atoms with Gasteiger partial charge in [0.1, 0.15) is 0 Å². The molecule has 2 aliphatic rings. The zero-order valence-corrected chi connectivity index (χ0v) is 13.7. The monoisotopic (exact) mass is 307 g/mol. The lowest BCUT2D eigenvalue weighted by atomic mass is 9.88. The number of aromatic nitrogens is 1. The van der Waals surface area contributed by atoms with Gasteiger partial charge in [0.15, 0.2) is 0 Å². The summed E-state index contributed by atoms with van der Waals surface area (Å²) < 4.78 is 0. The fourth-order valence-electron chi connectivity index (χ4n) is 3.97. The standard InChI is InChI=1S/C20H25N3/c1-2-6-17-15-18(9-8-16(17)5-1)20(19-7-3-4-10-22-19)23-13-11-21-12-14-23/h3-4,7-10,15,20-21H,1-2,5-6,11-14H2. The van der Waals surface area contributed by atoms with Gasteiger partial charge in [0.2, 0.25) is 0 Å². The fourth-order valence-corrected chi connectivity index (χ4v) is 3.97. The predicted molar refractivity (Wildman–Crippen MR) is 93.6 cm³/mol. The Kier molecular flexibility index (Phi) is 4.40. The van der Waals surface area contributed by atoms with Crippen LogP contribution >= 0.6 is 0 Å². The first-order valence-corrected chi connectivity index (χ1v) is 8.89. The summed E-state index contributed by atoms with van der Waals surface area (Å²) in [6.07, 6.45) is 7.08. The molecule has 2 heterocycles. The van der Waals surface area contributed by atoms with E-state index in [-0.39, 0.29) is 6.04 Å². The number of nitrogens with zero attached hydrogens (tertiary/aromatic N) is 2. The third-order valence-electron chi connectivity index (χ3n) is 5.17. The van der Waals surface area contributed by atoms with Crippen LogP contribution in [0, 0.1) is 0 Å². The molecule has 3 heteroatoms. The van der Waals surface area contributed by atoms with Gasteiger partial charge in [-0.15, -0.1) is 0 Å². The number of fused-ring (bicyclic) bond motifs is 1. The third-order valence-corrected chi connectivity index (χ3v) is 5.17. The molecule has 120 valence electrons. The van der Waals surface area contributed by atoms with Crippen LogP contribution in [-0.4, -0.2) is 36.1 Å². The van der Waals surface area contributed by atoms with Crippen molar-refractivity contribution in [2.45, 2.75) is 31.7 Å². The summed E-state index contributed by atoms with van der Waals surface area (Å²) in [5.74, 6) is 0. The van der Waals surface area contributed by atoms with Crippen molar-refractivity contribution in [2.75, 3.05) is 26.2 Å². The van der Waals surface area contributed by atoms with E-state index in [1.165, 1.54) is 36.9 Å². The Bertz CT molecular complexity index is 647. The Balaban J connectivity index is 1.72. The lowest BCUT2D eigenvalue weighted by Gasteiger charge is -2.35. The van der Waals surface area contributed by atoms with Crippen molar-refractivity contribution in [3.63, 3.8) is 0 Å². The molecule has 1 aromatic heterocycles. The first kappa shape index (κ1) is 14.9. The predicted octanol–water partition coefficient (Wildman–Crippen LogP) is 2.96. The SMILES string of the molecule is c1ccc(C(c2ccc3c(c2)CCCC3)N2CCNCC2)nc1. The Morgan fingerprint density at radius 1 is 0.957 bits per heavy atom. The highest BCUT2D eigenvalue weighted by Crippen LogP contribution is 2.31. The van der Waals surface area contributed by atoms with Gasteiger partial charge in [-0.25, -0.2) is 0 Å². The summed E-state index contributed by atoms with van der Waals surface area (Å²) in [7, 11) is 0. The normalized spacial score (nSPS) is 20.0. The minimum absolute atomic E-state index is 0.283. The van der Waals surface area contributed by atoms with Gasteiger partial charge in [-0.05, 0) is 54.5 Å². The molecular formula is C20H25N3. The Morgan fingerprint density at radius 2 is 1.78 bits per heavy atom. The third kappa shape index (κ3) is 3.17. The van der Waals surface area contributed by atoms with Crippen LogP contribution in [0.2, 0.25) is 0 Å². The molecule has 1 saturated heterocycles. The number of piperazine rings is 1. The van der Waals surface area contributed by atoms with Crippen LogP contribution in [0.25, 0.3) is 0 Å². The lowest BCUT2D eigenvalue weighted by Crippen LogP contribution is -2.45. The number of aryl methyl sites for hydroxylation is 2. The van der Waals surface area contributed by atoms with Crippen LogP contribution in [-0.2, 0) is 12.8 Å². The maximum atomic E-state index is 4.68. The van der Waals surface area contributed by atoms with Gasteiger partial charge in [-0.1, -0.05) is 24.3 Å². The lowest BCUT2D eigenvalue weighted by molar-refractivity contribution is 0.195. The van der Waals surface area contributed by atoms with Crippen molar-refractivity contribution >= 4 is 0 Å². The van der Waals surface area contributed by atoms with Gasteiger partial charge >= 0.3 is 0 Å². The minimum Gasteiger partial charge on any atom is -0.314 e. The van der Waals surface area contributed by atoms with E-state index in [2.05, 4.69) is 45.5 Å². The smallest absolute Gasteiger partial charge is 0.0777 e. The van der Waals surface area contributed by atoms with Crippen LogP contribution in [0.4, 0.5) is 0 Å². The average Bonchev–Trinajstić information content (AvgIpc) is 2.64. The quantitative estimate of drug-likeness (QED) is 0.945. The van der Waals surface area contributed by atoms with E-state index in [0.717, 1.165) is 26.2 Å². The van der Waals surface area contributed by atoms with Crippen molar-refractivity contribution in [1.29, 1.82) is 0 Å². The van der Waals surface area contributed by atoms with Crippen LogP contribution in [0.5, 0.6) is 0 Å². The Morgan fingerprint density at radius 3 is 2.57 bits per heavy atom. The van der Waals surface area contributed by atoms with Gasteiger partial charge in [0.05, 0.1) is 11.7 Å². The molecule has 1 atom stereocenters. The van der Waals surface area contributed by atoms with Crippen LogP contribution in [0.15, 0.2) is 42.6 Å².